The van der Waals surface area contributed by atoms with Gasteiger partial charge in [-0.25, -0.2) is 8.42 Å². The fourth-order valence-electron chi connectivity index (χ4n) is 1.78. The van der Waals surface area contributed by atoms with Crippen LogP contribution in [-0.2, 0) is 14.6 Å². The Morgan fingerprint density at radius 1 is 1.40 bits per heavy atom. The molecule has 0 fully saturated rings. The first-order valence-corrected chi connectivity index (χ1v) is 7.99. The van der Waals surface area contributed by atoms with Crippen molar-refractivity contribution in [1.82, 2.24) is 0 Å². The Hall–Kier alpha value is -1.76. The van der Waals surface area contributed by atoms with Gasteiger partial charge in [0.25, 0.3) is 0 Å². The number of hydrogen-bond donors (Lipinski definition) is 2. The number of sulfone groups is 1. The highest BCUT2D eigenvalue weighted by Crippen LogP contribution is 2.24. The molecule has 0 aliphatic heterocycles. The SMILES string of the molecule is COc1ccc(NC(=O)CS(=O)(=O)CC(C)C)cc1N. The minimum atomic E-state index is -3.39. The van der Waals surface area contributed by atoms with E-state index < -0.39 is 21.5 Å². The number of ether oxygens (including phenoxy) is 1. The topological polar surface area (TPSA) is 98.5 Å². The maximum absolute atomic E-state index is 11.7. The van der Waals surface area contributed by atoms with Crippen molar-refractivity contribution < 1.29 is 17.9 Å². The van der Waals surface area contributed by atoms with Crippen molar-refractivity contribution >= 4 is 27.1 Å². The van der Waals surface area contributed by atoms with Gasteiger partial charge in [-0.2, -0.15) is 0 Å². The van der Waals surface area contributed by atoms with Gasteiger partial charge in [0.05, 0.1) is 18.6 Å². The highest BCUT2D eigenvalue weighted by Gasteiger charge is 2.18. The molecule has 0 radical (unpaired) electrons. The molecule has 6 nitrogen and oxygen atoms in total. The lowest BCUT2D eigenvalue weighted by Crippen LogP contribution is -2.26. The van der Waals surface area contributed by atoms with E-state index in [9.17, 15) is 13.2 Å². The zero-order chi connectivity index (χ0) is 15.3. The van der Waals surface area contributed by atoms with E-state index in [-0.39, 0.29) is 11.7 Å². The summed E-state index contributed by atoms with van der Waals surface area (Å²) in [5.74, 6) is -0.627. The maximum atomic E-state index is 11.7. The summed E-state index contributed by atoms with van der Waals surface area (Å²) in [4.78, 5) is 11.7. The van der Waals surface area contributed by atoms with Gasteiger partial charge >= 0.3 is 0 Å². The molecule has 1 aromatic rings. The summed E-state index contributed by atoms with van der Waals surface area (Å²) >= 11 is 0. The van der Waals surface area contributed by atoms with Crippen LogP contribution in [0.15, 0.2) is 18.2 Å². The van der Waals surface area contributed by atoms with E-state index in [2.05, 4.69) is 5.32 Å². The number of nitrogen functional groups attached to an aromatic ring is 1. The van der Waals surface area contributed by atoms with Crippen LogP contribution in [0.25, 0.3) is 0 Å². The van der Waals surface area contributed by atoms with Crippen LogP contribution < -0.4 is 15.8 Å². The second kappa shape index (κ2) is 6.60. The fourth-order valence-corrected chi connectivity index (χ4v) is 3.38. The largest absolute Gasteiger partial charge is 0.495 e. The molecule has 0 heterocycles. The van der Waals surface area contributed by atoms with Crippen molar-refractivity contribution in [2.75, 3.05) is 29.7 Å². The number of methoxy groups -OCH3 is 1. The Kier molecular flexibility index (Phi) is 5.38. The van der Waals surface area contributed by atoms with E-state index in [0.29, 0.717) is 17.1 Å². The van der Waals surface area contributed by atoms with Gasteiger partial charge in [-0.1, -0.05) is 13.8 Å². The molecule has 1 aromatic carbocycles. The highest BCUT2D eigenvalue weighted by atomic mass is 32.2. The molecule has 0 aromatic heterocycles. The van der Waals surface area contributed by atoms with Crippen molar-refractivity contribution in [3.05, 3.63) is 18.2 Å². The second-order valence-corrected chi connectivity index (χ2v) is 7.06. The van der Waals surface area contributed by atoms with Crippen LogP contribution in [0.1, 0.15) is 13.8 Å². The summed E-state index contributed by atoms with van der Waals surface area (Å²) in [7, 11) is -1.90. The van der Waals surface area contributed by atoms with E-state index >= 15 is 0 Å². The number of hydrogen-bond acceptors (Lipinski definition) is 5. The minimum Gasteiger partial charge on any atom is -0.495 e. The summed E-state index contributed by atoms with van der Waals surface area (Å²) in [6.45, 7) is 3.58. The maximum Gasteiger partial charge on any atom is 0.239 e. The molecule has 20 heavy (non-hydrogen) atoms. The molecular weight excluding hydrogens is 280 g/mol. The third kappa shape index (κ3) is 5.08. The van der Waals surface area contributed by atoms with Crippen LogP contribution >= 0.6 is 0 Å². The van der Waals surface area contributed by atoms with Gasteiger partial charge in [-0.05, 0) is 24.1 Å². The molecule has 0 bridgehead atoms. The zero-order valence-electron chi connectivity index (χ0n) is 11.8. The first-order valence-electron chi connectivity index (χ1n) is 6.17. The number of benzene rings is 1. The first-order chi connectivity index (χ1) is 9.23. The molecule has 112 valence electrons. The molecule has 1 rings (SSSR count). The van der Waals surface area contributed by atoms with E-state index in [1.807, 2.05) is 0 Å². The summed E-state index contributed by atoms with van der Waals surface area (Å²) < 4.78 is 28.4. The molecule has 0 unspecified atom stereocenters. The number of carbonyl (C=O) groups excluding carboxylic acids is 1. The van der Waals surface area contributed by atoms with Gasteiger partial charge < -0.3 is 15.8 Å². The fraction of sp³-hybridized carbons (Fsp3) is 0.462. The van der Waals surface area contributed by atoms with Crippen molar-refractivity contribution in [2.45, 2.75) is 13.8 Å². The molecule has 3 N–H and O–H groups in total. The number of rotatable bonds is 6. The quantitative estimate of drug-likeness (QED) is 0.771. The van der Waals surface area contributed by atoms with Crippen LogP contribution in [0.5, 0.6) is 5.75 Å². The molecule has 0 spiro atoms. The first kappa shape index (κ1) is 16.3. The van der Waals surface area contributed by atoms with Crippen molar-refractivity contribution in [1.29, 1.82) is 0 Å². The molecule has 0 aliphatic carbocycles. The van der Waals surface area contributed by atoms with Crippen LogP contribution in [0.3, 0.4) is 0 Å². The molecule has 0 saturated heterocycles. The van der Waals surface area contributed by atoms with Gasteiger partial charge in [-0.15, -0.1) is 0 Å². The average Bonchev–Trinajstić information content (AvgIpc) is 2.25. The van der Waals surface area contributed by atoms with E-state index in [0.717, 1.165) is 0 Å². The molecular formula is C13H20N2O4S. The van der Waals surface area contributed by atoms with E-state index in [4.69, 9.17) is 10.5 Å². The standard InChI is InChI=1S/C13H20N2O4S/c1-9(2)7-20(17,18)8-13(16)15-10-4-5-12(19-3)11(14)6-10/h4-6,9H,7-8,14H2,1-3H3,(H,15,16). The van der Waals surface area contributed by atoms with E-state index in [1.165, 1.54) is 13.2 Å². The Labute approximate surface area is 119 Å². The van der Waals surface area contributed by atoms with Crippen LogP contribution in [-0.4, -0.2) is 32.9 Å². The predicted octanol–water partition coefficient (Wildman–Crippen LogP) is 1.29. The summed E-state index contributed by atoms with van der Waals surface area (Å²) in [6, 6.07) is 4.72. The normalized spacial score (nSPS) is 11.4. The monoisotopic (exact) mass is 300 g/mol. The van der Waals surface area contributed by atoms with Crippen LogP contribution in [0, 0.1) is 5.92 Å². The lowest BCUT2D eigenvalue weighted by Gasteiger charge is -2.10. The van der Waals surface area contributed by atoms with Crippen molar-refractivity contribution in [3.63, 3.8) is 0 Å². The third-order valence-corrected chi connectivity index (χ3v) is 4.33. The Balaban J connectivity index is 2.70. The number of anilines is 2. The van der Waals surface area contributed by atoms with Gasteiger partial charge in [-0.3, -0.25) is 4.79 Å². The lowest BCUT2D eigenvalue weighted by atomic mass is 10.2. The lowest BCUT2D eigenvalue weighted by molar-refractivity contribution is -0.113. The van der Waals surface area contributed by atoms with Gasteiger partial charge in [0.2, 0.25) is 5.91 Å². The van der Waals surface area contributed by atoms with Gasteiger partial charge in [0.1, 0.15) is 11.5 Å². The number of nitrogens with two attached hydrogens (primary N) is 1. The average molecular weight is 300 g/mol. The Morgan fingerprint density at radius 2 is 2.05 bits per heavy atom. The molecule has 1 amide bonds. The predicted molar refractivity (Wildman–Crippen MR) is 79.5 cm³/mol. The van der Waals surface area contributed by atoms with Crippen LogP contribution in [0.4, 0.5) is 11.4 Å². The molecule has 0 saturated carbocycles. The minimum absolute atomic E-state index is 0.00876. The molecule has 0 atom stereocenters. The summed E-state index contributed by atoms with van der Waals surface area (Å²) in [5, 5.41) is 2.51. The number of nitrogens with one attached hydrogen (secondary N) is 1. The zero-order valence-corrected chi connectivity index (χ0v) is 12.7. The Morgan fingerprint density at radius 3 is 2.55 bits per heavy atom. The van der Waals surface area contributed by atoms with E-state index in [1.54, 1.807) is 26.0 Å². The van der Waals surface area contributed by atoms with Gasteiger partial charge in [0, 0.05) is 5.69 Å². The smallest absolute Gasteiger partial charge is 0.239 e. The molecule has 7 heteroatoms. The summed E-state index contributed by atoms with van der Waals surface area (Å²) in [5.41, 5.74) is 6.51. The number of amides is 1. The third-order valence-electron chi connectivity index (χ3n) is 2.45. The van der Waals surface area contributed by atoms with Crippen molar-refractivity contribution in [3.8, 4) is 5.75 Å². The summed E-state index contributed by atoms with van der Waals surface area (Å²) in [6.07, 6.45) is 0. The number of carbonyl (C=O) groups is 1. The second-order valence-electron chi connectivity index (χ2n) is 4.95. The van der Waals surface area contributed by atoms with Crippen LogP contribution in [0.2, 0.25) is 0 Å². The van der Waals surface area contributed by atoms with Crippen molar-refractivity contribution in [2.24, 2.45) is 5.92 Å². The van der Waals surface area contributed by atoms with Gasteiger partial charge in [0.15, 0.2) is 9.84 Å². The molecule has 0 aliphatic rings. The highest BCUT2D eigenvalue weighted by molar-refractivity contribution is 7.92. The Bertz CT molecular complexity index is 582.